The van der Waals surface area contributed by atoms with Crippen molar-refractivity contribution in [3.05, 3.63) is 59.9 Å². The largest absolute Gasteiger partial charge is 0.493 e. The smallest absolute Gasteiger partial charge is 0.203 e. The summed E-state index contributed by atoms with van der Waals surface area (Å²) in [6.07, 6.45) is 0.689. The Morgan fingerprint density at radius 3 is 2.29 bits per heavy atom. The number of aromatic nitrogens is 3. The average Bonchev–Trinajstić information content (AvgIpc) is 3.38. The van der Waals surface area contributed by atoms with Gasteiger partial charge in [0.05, 0.1) is 38.9 Å². The van der Waals surface area contributed by atoms with Crippen LogP contribution < -0.4 is 14.2 Å². The molecule has 7 heteroatoms. The minimum absolute atomic E-state index is 0.476. The molecule has 0 aliphatic heterocycles. The van der Waals surface area contributed by atoms with Crippen molar-refractivity contribution >= 4 is 10.9 Å². The number of nitrogens with one attached hydrogen (secondary N) is 2. The van der Waals surface area contributed by atoms with Crippen LogP contribution in [0, 0.1) is 0 Å². The van der Waals surface area contributed by atoms with Gasteiger partial charge in [-0.25, -0.2) is 4.98 Å². The number of fused-ring (bicyclic) bond motifs is 1. The minimum atomic E-state index is -0.931. The Morgan fingerprint density at radius 1 is 0.929 bits per heavy atom. The van der Waals surface area contributed by atoms with Gasteiger partial charge in [-0.1, -0.05) is 18.2 Å². The van der Waals surface area contributed by atoms with Crippen LogP contribution >= 0.6 is 0 Å². The SMILES string of the molecule is COc1cc(C(O)c2cnc(-c3cc4ccccc4[nH]3)[nH]2)cc(OC)c1OC. The first-order chi connectivity index (χ1) is 13.6. The number of nitrogens with zero attached hydrogens (tertiary/aromatic N) is 1. The van der Waals surface area contributed by atoms with Crippen molar-refractivity contribution in [3.63, 3.8) is 0 Å². The Balaban J connectivity index is 1.68. The molecule has 0 radical (unpaired) electrons. The molecule has 4 aromatic rings. The average molecular weight is 379 g/mol. The molecule has 3 N–H and O–H groups in total. The molecule has 7 nitrogen and oxygen atoms in total. The van der Waals surface area contributed by atoms with Gasteiger partial charge >= 0.3 is 0 Å². The highest BCUT2D eigenvalue weighted by Crippen LogP contribution is 2.40. The summed E-state index contributed by atoms with van der Waals surface area (Å²) in [5, 5.41) is 12.0. The molecule has 4 rings (SSSR count). The van der Waals surface area contributed by atoms with E-state index in [0.29, 0.717) is 34.3 Å². The number of para-hydroxylation sites is 1. The molecule has 2 aromatic heterocycles. The number of H-pyrrole nitrogens is 2. The molecule has 2 aromatic carbocycles. The summed E-state index contributed by atoms with van der Waals surface area (Å²) >= 11 is 0. The molecule has 0 saturated heterocycles. The van der Waals surface area contributed by atoms with Crippen LogP contribution in [0.5, 0.6) is 17.2 Å². The maximum Gasteiger partial charge on any atom is 0.203 e. The highest BCUT2D eigenvalue weighted by Gasteiger charge is 2.20. The monoisotopic (exact) mass is 379 g/mol. The second kappa shape index (κ2) is 7.28. The zero-order valence-corrected chi connectivity index (χ0v) is 15.8. The zero-order valence-electron chi connectivity index (χ0n) is 15.8. The second-order valence-electron chi connectivity index (χ2n) is 6.32. The highest BCUT2D eigenvalue weighted by molar-refractivity contribution is 5.84. The number of ether oxygens (including phenoxy) is 3. The standard InChI is InChI=1S/C21H21N3O4/c1-26-17-9-13(10-18(27-2)20(17)28-3)19(25)16-11-22-21(24-16)15-8-12-6-4-5-7-14(12)23-15/h4-11,19,23,25H,1-3H3,(H,22,24). The maximum atomic E-state index is 10.9. The van der Waals surface area contributed by atoms with E-state index in [2.05, 4.69) is 15.0 Å². The van der Waals surface area contributed by atoms with Gasteiger partial charge in [0.2, 0.25) is 5.75 Å². The van der Waals surface area contributed by atoms with Crippen molar-refractivity contribution in [2.75, 3.05) is 21.3 Å². The number of methoxy groups -OCH3 is 3. The van der Waals surface area contributed by atoms with Crippen molar-refractivity contribution in [1.82, 2.24) is 15.0 Å². The van der Waals surface area contributed by atoms with Crippen LogP contribution in [-0.2, 0) is 0 Å². The van der Waals surface area contributed by atoms with Crippen molar-refractivity contribution in [3.8, 4) is 28.8 Å². The number of benzene rings is 2. The molecule has 0 amide bonds. The van der Waals surface area contributed by atoms with Crippen LogP contribution in [0.1, 0.15) is 17.4 Å². The molecule has 144 valence electrons. The Labute approximate surface area is 161 Å². The van der Waals surface area contributed by atoms with E-state index in [-0.39, 0.29) is 0 Å². The first-order valence-corrected chi connectivity index (χ1v) is 8.75. The van der Waals surface area contributed by atoms with Crippen LogP contribution in [0.15, 0.2) is 48.7 Å². The molecule has 0 aliphatic carbocycles. The van der Waals surface area contributed by atoms with Crippen LogP contribution in [0.3, 0.4) is 0 Å². The van der Waals surface area contributed by atoms with Crippen molar-refractivity contribution < 1.29 is 19.3 Å². The van der Waals surface area contributed by atoms with E-state index in [1.807, 2.05) is 30.3 Å². The number of hydrogen-bond donors (Lipinski definition) is 3. The Morgan fingerprint density at radius 2 is 1.64 bits per heavy atom. The molecule has 0 bridgehead atoms. The lowest BCUT2D eigenvalue weighted by Gasteiger charge is -2.16. The lowest BCUT2D eigenvalue weighted by Crippen LogP contribution is -2.03. The summed E-state index contributed by atoms with van der Waals surface area (Å²) in [5.41, 5.74) is 3.04. The molecule has 1 atom stereocenters. The van der Waals surface area contributed by atoms with Gasteiger partial charge in [-0.2, -0.15) is 0 Å². The molecule has 0 spiro atoms. The molecular formula is C21H21N3O4. The summed E-state index contributed by atoms with van der Waals surface area (Å²) in [6, 6.07) is 13.5. The number of imidazole rings is 1. The van der Waals surface area contributed by atoms with Gasteiger partial charge in [-0.3, -0.25) is 0 Å². The molecule has 0 fully saturated rings. The van der Waals surface area contributed by atoms with Gasteiger partial charge in [0.25, 0.3) is 0 Å². The fourth-order valence-corrected chi connectivity index (χ4v) is 3.25. The van der Waals surface area contributed by atoms with E-state index >= 15 is 0 Å². The third kappa shape index (κ3) is 3.05. The minimum Gasteiger partial charge on any atom is -0.493 e. The van der Waals surface area contributed by atoms with Gasteiger partial charge < -0.3 is 29.3 Å². The molecule has 2 heterocycles. The predicted molar refractivity (Wildman–Crippen MR) is 106 cm³/mol. The van der Waals surface area contributed by atoms with Crippen molar-refractivity contribution in [1.29, 1.82) is 0 Å². The molecule has 0 aliphatic rings. The summed E-state index contributed by atoms with van der Waals surface area (Å²) < 4.78 is 16.1. The fraction of sp³-hybridized carbons (Fsp3) is 0.190. The number of aliphatic hydroxyl groups excluding tert-OH is 1. The lowest BCUT2D eigenvalue weighted by atomic mass is 10.1. The zero-order chi connectivity index (χ0) is 19.7. The first kappa shape index (κ1) is 17.9. The summed E-state index contributed by atoms with van der Waals surface area (Å²) in [4.78, 5) is 10.9. The van der Waals surface area contributed by atoms with E-state index in [9.17, 15) is 5.11 Å². The van der Waals surface area contributed by atoms with E-state index in [1.165, 1.54) is 21.3 Å². The predicted octanol–water partition coefficient (Wildman–Crippen LogP) is 3.67. The van der Waals surface area contributed by atoms with Gasteiger partial charge in [0.1, 0.15) is 6.10 Å². The third-order valence-electron chi connectivity index (χ3n) is 4.68. The molecular weight excluding hydrogens is 358 g/mol. The quantitative estimate of drug-likeness (QED) is 0.475. The van der Waals surface area contributed by atoms with Gasteiger partial charge in [0.15, 0.2) is 17.3 Å². The number of aliphatic hydroxyl groups is 1. The van der Waals surface area contributed by atoms with E-state index < -0.39 is 6.10 Å². The van der Waals surface area contributed by atoms with Crippen molar-refractivity contribution in [2.45, 2.75) is 6.10 Å². The van der Waals surface area contributed by atoms with Crippen molar-refractivity contribution in [2.24, 2.45) is 0 Å². The van der Waals surface area contributed by atoms with Crippen LogP contribution in [-0.4, -0.2) is 41.4 Å². The fourth-order valence-electron chi connectivity index (χ4n) is 3.25. The van der Waals surface area contributed by atoms with Gasteiger partial charge in [0, 0.05) is 10.9 Å². The second-order valence-corrected chi connectivity index (χ2v) is 6.32. The van der Waals surface area contributed by atoms with Crippen LogP contribution in [0.2, 0.25) is 0 Å². The summed E-state index contributed by atoms with van der Waals surface area (Å²) in [5.74, 6) is 2.08. The van der Waals surface area contributed by atoms with Crippen LogP contribution in [0.4, 0.5) is 0 Å². The highest BCUT2D eigenvalue weighted by atomic mass is 16.5. The number of hydrogen-bond acceptors (Lipinski definition) is 5. The summed E-state index contributed by atoms with van der Waals surface area (Å²) in [6.45, 7) is 0. The maximum absolute atomic E-state index is 10.9. The van der Waals surface area contributed by atoms with E-state index in [0.717, 1.165) is 16.6 Å². The van der Waals surface area contributed by atoms with Gasteiger partial charge in [-0.05, 0) is 29.8 Å². The Hall–Kier alpha value is -3.45. The number of rotatable bonds is 6. The summed E-state index contributed by atoms with van der Waals surface area (Å²) in [7, 11) is 4.62. The topological polar surface area (TPSA) is 92.4 Å². The van der Waals surface area contributed by atoms with Gasteiger partial charge in [-0.15, -0.1) is 0 Å². The first-order valence-electron chi connectivity index (χ1n) is 8.75. The van der Waals surface area contributed by atoms with Crippen LogP contribution in [0.25, 0.3) is 22.4 Å². The molecule has 1 unspecified atom stereocenters. The van der Waals surface area contributed by atoms with E-state index in [4.69, 9.17) is 14.2 Å². The molecule has 28 heavy (non-hydrogen) atoms. The Kier molecular flexibility index (Phi) is 4.67. The lowest BCUT2D eigenvalue weighted by molar-refractivity contribution is 0.214. The normalized spacial score (nSPS) is 12.1. The Bertz CT molecular complexity index is 1060. The third-order valence-corrected chi connectivity index (χ3v) is 4.68. The van der Waals surface area contributed by atoms with E-state index in [1.54, 1.807) is 18.3 Å². The molecule has 0 saturated carbocycles. The number of aromatic amines is 2.